The topological polar surface area (TPSA) is 123 Å². The molecule has 2 aromatic carbocycles. The van der Waals surface area contributed by atoms with Crippen LogP contribution < -0.4 is 0 Å². The molecule has 9 heteroatoms. The van der Waals surface area contributed by atoms with Crippen LogP contribution in [0, 0.1) is 0 Å². The molecule has 1 fully saturated rings. The van der Waals surface area contributed by atoms with Crippen molar-refractivity contribution in [2.75, 3.05) is 0 Å². The molecule has 0 aliphatic heterocycles. The number of aliphatic imine (C=N–C) groups is 2. The van der Waals surface area contributed by atoms with E-state index in [0.29, 0.717) is 11.5 Å². The number of benzene rings is 2. The summed E-state index contributed by atoms with van der Waals surface area (Å²) in [6, 6.07) is 8.67. The fourth-order valence-corrected chi connectivity index (χ4v) is 8.06. The fourth-order valence-electron chi connectivity index (χ4n) is 5.74. The number of phenols is 2. The van der Waals surface area contributed by atoms with E-state index in [1.807, 2.05) is 12.4 Å². The average molecular weight is 766 g/mol. The Kier molecular flexibility index (Phi) is 16.0. The van der Waals surface area contributed by atoms with Crippen LogP contribution in [0.5, 0.6) is 11.5 Å². The summed E-state index contributed by atoms with van der Waals surface area (Å²) in [5.41, 5.74) is 13.1. The molecule has 0 saturated heterocycles. The molecule has 0 bridgehead atoms. The fraction of sp³-hybridized carbons (Fsp3) is 0.615. The van der Waals surface area contributed by atoms with Gasteiger partial charge in [-0.1, -0.05) is 47.6 Å². The predicted molar refractivity (Wildman–Crippen MR) is 201 cm³/mol. The second kappa shape index (κ2) is 17.6. The summed E-state index contributed by atoms with van der Waals surface area (Å²) in [6.07, 6.45) is 8.18. The van der Waals surface area contributed by atoms with E-state index in [2.05, 4.69) is 104 Å². The first-order chi connectivity index (χ1) is 21.4. The van der Waals surface area contributed by atoms with E-state index in [4.69, 9.17) is 25.0 Å². The molecule has 0 heterocycles. The van der Waals surface area contributed by atoms with E-state index in [1.54, 1.807) is 0 Å². The van der Waals surface area contributed by atoms with E-state index < -0.39 is 19.7 Å². The standard InChI is InChI=1S/C38H59AsN2O2.CH2O3.Cr/c1-36(2,3)29-20-26(16-15-19-39(10,11)12)34(42)27(21-29)24-40-32-17-13-14-18-33(32)41-25-28-22-30(37(4,5)6)23-31(35(28)43)38(7,8)9;2-1(3)4;/h20-25,32-33H,13-19H2,1-12H3,(H-,40,41,42,43);(H2,2,3,4);/p+1. The van der Waals surface area contributed by atoms with Crippen LogP contribution in [0.3, 0.4) is 0 Å². The number of carboxylic acid groups (broad SMARTS) is 2. The molecule has 7 nitrogen and oxygen atoms in total. The van der Waals surface area contributed by atoms with Gasteiger partial charge in [0.15, 0.2) is 0 Å². The Morgan fingerprint density at radius 2 is 1.17 bits per heavy atom. The van der Waals surface area contributed by atoms with Crippen LogP contribution in [0.2, 0.25) is 22.3 Å². The Morgan fingerprint density at radius 3 is 1.56 bits per heavy atom. The maximum Gasteiger partial charge on any atom is 0.503 e. The number of aryl methyl sites for hydroxylation is 1. The molecule has 4 N–H and O–H groups in total. The molecule has 0 spiro atoms. The largest absolute Gasteiger partial charge is 0.503 e. The van der Waals surface area contributed by atoms with Crippen LogP contribution >= 0.6 is 0 Å². The summed E-state index contributed by atoms with van der Waals surface area (Å²) >= 11 is -1.47. The second-order valence-corrected chi connectivity index (χ2v) is 27.7. The van der Waals surface area contributed by atoms with Gasteiger partial charge in [-0.15, -0.1) is 0 Å². The zero-order valence-electron chi connectivity index (χ0n) is 31.5. The van der Waals surface area contributed by atoms with Crippen LogP contribution in [0.25, 0.3) is 0 Å². The zero-order valence-corrected chi connectivity index (χ0v) is 34.7. The number of hydrogen-bond donors (Lipinski definition) is 4. The number of aromatic hydroxyl groups is 2. The Morgan fingerprint density at radius 1 is 0.750 bits per heavy atom. The van der Waals surface area contributed by atoms with Crippen molar-refractivity contribution in [2.24, 2.45) is 9.98 Å². The zero-order chi connectivity index (χ0) is 36.0. The van der Waals surface area contributed by atoms with Gasteiger partial charge < -0.3 is 15.3 Å². The minimum atomic E-state index is -1.83. The van der Waals surface area contributed by atoms with Crippen LogP contribution in [0.4, 0.5) is 4.79 Å². The molecular weight excluding hydrogens is 703 g/mol. The first-order valence-electron chi connectivity index (χ1n) is 16.9. The van der Waals surface area contributed by atoms with Gasteiger partial charge in [0.1, 0.15) is 5.75 Å². The van der Waals surface area contributed by atoms with Crippen LogP contribution in [0.15, 0.2) is 34.3 Å². The Labute approximate surface area is 304 Å². The van der Waals surface area contributed by atoms with Gasteiger partial charge >= 0.3 is 181 Å². The molecule has 268 valence electrons. The van der Waals surface area contributed by atoms with Gasteiger partial charge in [0.25, 0.3) is 0 Å². The van der Waals surface area contributed by atoms with Crippen molar-refractivity contribution in [1.82, 2.24) is 0 Å². The summed E-state index contributed by atoms with van der Waals surface area (Å²) in [4.78, 5) is 18.7. The first kappa shape index (κ1) is 43.8. The van der Waals surface area contributed by atoms with Gasteiger partial charge in [0.2, 0.25) is 0 Å². The van der Waals surface area contributed by atoms with Gasteiger partial charge in [0, 0.05) is 28.5 Å². The first-order valence-corrected chi connectivity index (χ1v) is 23.9. The Balaban J connectivity index is 0.00000218. The van der Waals surface area contributed by atoms with Crippen molar-refractivity contribution in [3.8, 4) is 11.5 Å². The molecular formula is C39H62AsCrN2O5+. The van der Waals surface area contributed by atoms with Crippen molar-refractivity contribution < 1.29 is 42.6 Å². The van der Waals surface area contributed by atoms with Crippen molar-refractivity contribution in [2.45, 2.75) is 152 Å². The van der Waals surface area contributed by atoms with Crippen molar-refractivity contribution in [3.63, 3.8) is 0 Å². The molecule has 0 amide bonds. The minimum Gasteiger partial charge on any atom is -0.450 e. The van der Waals surface area contributed by atoms with Crippen molar-refractivity contribution >= 4 is 32.1 Å². The monoisotopic (exact) mass is 765 g/mol. The quantitative estimate of drug-likeness (QED) is 0.157. The van der Waals surface area contributed by atoms with Gasteiger partial charge in [-0.2, -0.15) is 0 Å². The summed E-state index contributed by atoms with van der Waals surface area (Å²) in [7, 11) is 0. The summed E-state index contributed by atoms with van der Waals surface area (Å²) in [6.45, 7) is 19.7. The van der Waals surface area contributed by atoms with Gasteiger partial charge in [0.05, 0.1) is 0 Å². The molecule has 2 aromatic rings. The van der Waals surface area contributed by atoms with Gasteiger partial charge in [-0.3, -0.25) is 0 Å². The number of rotatable bonds is 8. The SMILES string of the molecule is CC(C)(C)c1cc(C=NC2CCCCC2N=Cc2cc(C(C)(C)C)cc(C(C)(C)C)c2O)c(O)c(CCC[As+](C)(C)C)c1.O=C(O)O.[Cr]. The van der Waals surface area contributed by atoms with Crippen molar-refractivity contribution in [3.05, 3.63) is 57.6 Å². The molecule has 48 heavy (non-hydrogen) atoms. The van der Waals surface area contributed by atoms with Gasteiger partial charge in [-0.25, -0.2) is 4.79 Å². The van der Waals surface area contributed by atoms with Crippen LogP contribution in [0.1, 0.15) is 128 Å². The molecule has 2 atom stereocenters. The van der Waals surface area contributed by atoms with Crippen molar-refractivity contribution in [1.29, 1.82) is 0 Å². The Hall–Kier alpha value is -2.26. The third-order valence-corrected chi connectivity index (χ3v) is 12.2. The predicted octanol–water partition coefficient (Wildman–Crippen LogP) is 10.3. The van der Waals surface area contributed by atoms with E-state index in [0.717, 1.165) is 60.8 Å². The maximum absolute atomic E-state index is 11.3. The molecule has 0 aromatic heterocycles. The van der Waals surface area contributed by atoms with Crippen LogP contribution in [-0.2, 0) is 40.0 Å². The summed E-state index contributed by atoms with van der Waals surface area (Å²) in [5, 5.41) is 37.8. The number of nitrogens with zero attached hydrogens (tertiary/aromatic N) is 2. The molecule has 3 rings (SSSR count). The molecule has 0 radical (unpaired) electrons. The number of hydrogen-bond acceptors (Lipinski definition) is 5. The normalized spacial score (nSPS) is 17.6. The van der Waals surface area contributed by atoms with Gasteiger partial charge in [-0.05, 0) is 22.5 Å². The van der Waals surface area contributed by atoms with E-state index in [1.165, 1.54) is 16.3 Å². The van der Waals surface area contributed by atoms with E-state index in [9.17, 15) is 10.2 Å². The third-order valence-electron chi connectivity index (χ3n) is 8.68. The molecule has 1 aliphatic carbocycles. The summed E-state index contributed by atoms with van der Waals surface area (Å²) < 4.78 is 0. The van der Waals surface area contributed by atoms with Crippen LogP contribution in [-0.4, -0.2) is 64.6 Å². The third kappa shape index (κ3) is 13.9. The smallest absolute Gasteiger partial charge is 0.450 e. The van der Waals surface area contributed by atoms with E-state index in [-0.39, 0.29) is 45.7 Å². The summed E-state index contributed by atoms with van der Waals surface area (Å²) in [5.74, 6) is 0.706. The average Bonchev–Trinajstić information content (AvgIpc) is 2.90. The maximum atomic E-state index is 11.3. The molecule has 1 aliphatic rings. The van der Waals surface area contributed by atoms with E-state index >= 15 is 0 Å². The molecule has 1 saturated carbocycles. The number of carbonyl (C=O) groups is 1. The minimum absolute atomic E-state index is 0. The second-order valence-electron chi connectivity index (χ2n) is 17.2. The molecule has 2 unspecified atom stereocenters. The number of phenolic OH excluding ortho intramolecular Hbond substituents is 2. The Bertz CT molecular complexity index is 1420.